The number of piperidine rings is 2. The van der Waals surface area contributed by atoms with Crippen LogP contribution in [0.1, 0.15) is 82.9 Å². The molecule has 1 aromatic carbocycles. The van der Waals surface area contributed by atoms with Crippen molar-refractivity contribution in [2.45, 2.75) is 94.7 Å². The molecule has 6 heteroatoms. The van der Waals surface area contributed by atoms with Gasteiger partial charge in [0.25, 0.3) is 0 Å². The van der Waals surface area contributed by atoms with Crippen molar-refractivity contribution in [3.63, 3.8) is 0 Å². The van der Waals surface area contributed by atoms with E-state index < -0.39 is 11.0 Å². The summed E-state index contributed by atoms with van der Waals surface area (Å²) in [6, 6.07) is 3.49. The van der Waals surface area contributed by atoms with Crippen LogP contribution in [0.25, 0.3) is 10.9 Å². The van der Waals surface area contributed by atoms with Crippen LogP contribution in [0.15, 0.2) is 12.1 Å². The van der Waals surface area contributed by atoms with Gasteiger partial charge in [0, 0.05) is 30.1 Å². The van der Waals surface area contributed by atoms with Crippen molar-refractivity contribution < 1.29 is 14.3 Å². The summed E-state index contributed by atoms with van der Waals surface area (Å²) in [6.45, 7) is 6.15. The van der Waals surface area contributed by atoms with Crippen LogP contribution in [0, 0.1) is 11.2 Å². The number of benzene rings is 1. The molecule has 5 aliphatic rings. The Morgan fingerprint density at radius 1 is 1.19 bits per heavy atom. The molecule has 0 radical (unpaired) electrons. The van der Waals surface area contributed by atoms with Crippen molar-refractivity contribution in [1.29, 1.82) is 0 Å². The molecule has 3 aliphatic carbocycles. The fourth-order valence-electron chi connectivity index (χ4n) is 7.42. The largest absolute Gasteiger partial charge is 0.390 e. The minimum Gasteiger partial charge on any atom is -0.390 e. The molecule has 1 N–H and O–H groups in total. The summed E-state index contributed by atoms with van der Waals surface area (Å²) in [6.07, 6.45) is 6.10. The lowest BCUT2D eigenvalue weighted by Gasteiger charge is -2.64. The Balaban J connectivity index is 1.44. The predicted octanol–water partition coefficient (Wildman–Crippen LogP) is 4.16. The number of aliphatic hydroxyl groups is 1. The first-order chi connectivity index (χ1) is 14.5. The molecule has 2 saturated heterocycles. The fourth-order valence-corrected chi connectivity index (χ4v) is 7.42. The zero-order valence-corrected chi connectivity index (χ0v) is 18.9. The van der Waals surface area contributed by atoms with Crippen molar-refractivity contribution in [1.82, 2.24) is 14.7 Å². The number of fused-ring (bicyclic) bond motifs is 1. The summed E-state index contributed by atoms with van der Waals surface area (Å²) >= 11 is 0. The number of halogens is 1. The monoisotopic (exact) mass is 425 g/mol. The van der Waals surface area contributed by atoms with Gasteiger partial charge in [-0.15, -0.1) is 0 Å². The van der Waals surface area contributed by atoms with E-state index in [4.69, 9.17) is 5.10 Å². The van der Waals surface area contributed by atoms with E-state index in [0.29, 0.717) is 18.5 Å². The highest BCUT2D eigenvalue weighted by atomic mass is 19.1. The second-order valence-corrected chi connectivity index (χ2v) is 11.8. The Morgan fingerprint density at radius 3 is 2.42 bits per heavy atom. The van der Waals surface area contributed by atoms with Gasteiger partial charge in [-0.25, -0.2) is 4.39 Å². The first-order valence-corrected chi connectivity index (χ1v) is 11.7. The quantitative estimate of drug-likeness (QED) is 0.803. The number of hydrogen-bond donors (Lipinski definition) is 1. The third kappa shape index (κ3) is 2.69. The summed E-state index contributed by atoms with van der Waals surface area (Å²) < 4.78 is 16.7. The summed E-state index contributed by atoms with van der Waals surface area (Å²) in [7, 11) is 1.88. The van der Waals surface area contributed by atoms with Crippen LogP contribution >= 0.6 is 0 Å². The van der Waals surface area contributed by atoms with Crippen molar-refractivity contribution >= 4 is 16.8 Å². The average Bonchev–Trinajstić information content (AvgIpc) is 3.42. The number of hydrogen-bond acceptors (Lipinski definition) is 3. The molecular formula is C25H32FN3O2. The summed E-state index contributed by atoms with van der Waals surface area (Å²) in [5.74, 6) is 0.116. The smallest absolute Gasteiger partial charge is 0.234 e. The number of amides is 1. The van der Waals surface area contributed by atoms with Gasteiger partial charge < -0.3 is 10.0 Å². The Bertz CT molecular complexity index is 1080. The Morgan fingerprint density at radius 2 is 1.84 bits per heavy atom. The van der Waals surface area contributed by atoms with E-state index >= 15 is 0 Å². The van der Waals surface area contributed by atoms with Gasteiger partial charge in [-0.1, -0.05) is 6.92 Å². The average molecular weight is 426 g/mol. The standard InChI is InChI=1S/C25H32FN3O2/c1-23(2,21-20-18(28(4)27-21)8-7-17(26)19(20)14-5-6-14)22(30)29-15-9-24(3)10-16(29)12-25(31,11-15)13-24/h7-8,14-16,31H,5-6,9-13H2,1-4H3/t15-,16?,24?,25?/m0/s1. The molecule has 4 bridgehead atoms. The molecular weight excluding hydrogens is 393 g/mol. The molecule has 3 unspecified atom stereocenters. The van der Waals surface area contributed by atoms with E-state index in [1.807, 2.05) is 20.9 Å². The highest BCUT2D eigenvalue weighted by Gasteiger charge is 2.60. The topological polar surface area (TPSA) is 58.4 Å². The molecule has 31 heavy (non-hydrogen) atoms. The number of aromatic nitrogens is 2. The lowest BCUT2D eigenvalue weighted by molar-refractivity contribution is -0.196. The van der Waals surface area contributed by atoms with Crippen molar-refractivity contribution in [2.75, 3.05) is 0 Å². The summed E-state index contributed by atoms with van der Waals surface area (Å²) in [5.41, 5.74) is 0.957. The maximum Gasteiger partial charge on any atom is 0.234 e. The zero-order valence-electron chi connectivity index (χ0n) is 18.9. The van der Waals surface area contributed by atoms with Crippen LogP contribution in [0.3, 0.4) is 0 Å². The minimum atomic E-state index is -0.865. The number of carbonyl (C=O) groups excluding carboxylic acids is 1. The number of carbonyl (C=O) groups is 1. The molecule has 7 rings (SSSR count). The van der Waals surface area contributed by atoms with E-state index in [-0.39, 0.29) is 35.1 Å². The van der Waals surface area contributed by atoms with Gasteiger partial charge in [-0.3, -0.25) is 9.48 Å². The van der Waals surface area contributed by atoms with Crippen LogP contribution in [-0.4, -0.2) is 43.4 Å². The lowest BCUT2D eigenvalue weighted by atomic mass is 9.54. The van der Waals surface area contributed by atoms with E-state index in [2.05, 4.69) is 11.8 Å². The molecule has 2 aliphatic heterocycles. The Hall–Kier alpha value is -1.95. The van der Waals surface area contributed by atoms with E-state index in [0.717, 1.165) is 48.6 Å². The highest BCUT2D eigenvalue weighted by molar-refractivity contribution is 5.96. The molecule has 4 atom stereocenters. The van der Waals surface area contributed by atoms with E-state index in [1.54, 1.807) is 16.8 Å². The number of rotatable bonds is 3. The molecule has 3 heterocycles. The third-order valence-electron chi connectivity index (χ3n) is 8.58. The second kappa shape index (κ2) is 5.89. The van der Waals surface area contributed by atoms with Gasteiger partial charge >= 0.3 is 0 Å². The van der Waals surface area contributed by atoms with Gasteiger partial charge in [-0.2, -0.15) is 5.10 Å². The molecule has 1 amide bonds. The number of aryl methyl sites for hydroxylation is 1. The fraction of sp³-hybridized carbons (Fsp3) is 0.680. The van der Waals surface area contributed by atoms with Gasteiger partial charge in [0.2, 0.25) is 5.91 Å². The zero-order chi connectivity index (χ0) is 21.9. The molecule has 166 valence electrons. The SMILES string of the molecule is Cn1nc(C(C)(C)C(=O)N2C3CC4(C)C[C@H]2CC(O)(C3)C4)c2c(C3CC3)c(F)ccc21. The first-order valence-electron chi connectivity index (χ1n) is 11.7. The van der Waals surface area contributed by atoms with Crippen LogP contribution in [-0.2, 0) is 17.3 Å². The van der Waals surface area contributed by atoms with Crippen LogP contribution < -0.4 is 0 Å². The van der Waals surface area contributed by atoms with Gasteiger partial charge in [0.05, 0.1) is 22.2 Å². The molecule has 2 aromatic rings. The van der Waals surface area contributed by atoms with E-state index in [9.17, 15) is 14.3 Å². The molecule has 5 fully saturated rings. The van der Waals surface area contributed by atoms with Crippen LogP contribution in [0.5, 0.6) is 0 Å². The maximum atomic E-state index is 14.9. The highest BCUT2D eigenvalue weighted by Crippen LogP contribution is 2.58. The lowest BCUT2D eigenvalue weighted by Crippen LogP contribution is -2.69. The maximum absolute atomic E-state index is 14.9. The molecule has 1 aromatic heterocycles. The second-order valence-electron chi connectivity index (χ2n) is 11.8. The van der Waals surface area contributed by atoms with E-state index in [1.165, 1.54) is 0 Å². The first kappa shape index (κ1) is 19.7. The molecule has 0 spiro atoms. The molecule has 5 nitrogen and oxygen atoms in total. The Labute approximate surface area is 182 Å². The summed E-state index contributed by atoms with van der Waals surface area (Å²) in [5, 5.41) is 16.7. The van der Waals surface area contributed by atoms with Crippen LogP contribution in [0.4, 0.5) is 4.39 Å². The third-order valence-corrected chi connectivity index (χ3v) is 8.58. The number of nitrogens with zero attached hydrogens (tertiary/aromatic N) is 3. The minimum absolute atomic E-state index is 0.0690. The van der Waals surface area contributed by atoms with Crippen molar-refractivity contribution in [3.05, 3.63) is 29.2 Å². The van der Waals surface area contributed by atoms with Gasteiger partial charge in [0.1, 0.15) is 5.82 Å². The van der Waals surface area contributed by atoms with Crippen LogP contribution in [0.2, 0.25) is 0 Å². The van der Waals surface area contributed by atoms with Crippen molar-refractivity contribution in [2.24, 2.45) is 12.5 Å². The normalized spacial score (nSPS) is 34.7. The predicted molar refractivity (Wildman–Crippen MR) is 116 cm³/mol. The Kier molecular flexibility index (Phi) is 3.74. The van der Waals surface area contributed by atoms with Crippen molar-refractivity contribution in [3.8, 4) is 0 Å². The van der Waals surface area contributed by atoms with Gasteiger partial charge in [0.15, 0.2) is 0 Å². The molecule has 3 saturated carbocycles. The van der Waals surface area contributed by atoms with Gasteiger partial charge in [-0.05, 0) is 82.3 Å². The summed E-state index contributed by atoms with van der Waals surface area (Å²) in [4.78, 5) is 16.2.